The molecule has 4 bridgehead atoms. The second kappa shape index (κ2) is 7.04. The Balaban J connectivity index is 1.19. The van der Waals surface area contributed by atoms with Gasteiger partial charge >= 0.3 is 0 Å². The Morgan fingerprint density at radius 3 is 2.19 bits per heavy atom. The highest BCUT2D eigenvalue weighted by atomic mass is 32.1. The van der Waals surface area contributed by atoms with Gasteiger partial charge in [-0.15, -0.1) is 0 Å². The topological polar surface area (TPSA) is 18.5 Å². The fourth-order valence-corrected chi connectivity index (χ4v) is 7.07. The molecule has 27 heavy (non-hydrogen) atoms. The molecule has 0 unspecified atom stereocenters. The number of nitrogens with one attached hydrogen (secondary N) is 1. The van der Waals surface area contributed by atoms with Crippen LogP contribution in [0.2, 0.25) is 0 Å². The lowest BCUT2D eigenvalue weighted by molar-refractivity contribution is -0.0726. The van der Waals surface area contributed by atoms with Crippen LogP contribution in [0.5, 0.6) is 0 Å². The predicted octanol–water partition coefficient (Wildman–Crippen LogP) is 4.44. The van der Waals surface area contributed by atoms with E-state index in [1.165, 1.54) is 49.9 Å². The van der Waals surface area contributed by atoms with Crippen LogP contribution >= 0.6 is 12.2 Å². The minimum Gasteiger partial charge on any atom is -0.346 e. The number of rotatable bonds is 2. The SMILES string of the molecule is Cc1ccc(C)c(NC(=S)N2CCN(C3C4CC5CC(C4)CC3C5)CC2)c1. The lowest BCUT2D eigenvalue weighted by atomic mass is 9.54. The van der Waals surface area contributed by atoms with Crippen molar-refractivity contribution in [1.82, 2.24) is 9.80 Å². The fraction of sp³-hybridized carbons (Fsp3) is 0.696. The van der Waals surface area contributed by atoms with E-state index < -0.39 is 0 Å². The van der Waals surface area contributed by atoms with Gasteiger partial charge in [0.05, 0.1) is 0 Å². The van der Waals surface area contributed by atoms with Crippen LogP contribution in [0.25, 0.3) is 0 Å². The van der Waals surface area contributed by atoms with Crippen molar-refractivity contribution in [3.8, 4) is 0 Å². The third kappa shape index (κ3) is 3.40. The molecular weight excluding hydrogens is 350 g/mol. The summed E-state index contributed by atoms with van der Waals surface area (Å²) in [6.07, 6.45) is 7.62. The molecule has 0 aromatic heterocycles. The number of benzene rings is 1. The highest BCUT2D eigenvalue weighted by molar-refractivity contribution is 7.80. The second-order valence-corrected chi connectivity index (χ2v) is 10.1. The van der Waals surface area contributed by atoms with Crippen LogP contribution in [-0.4, -0.2) is 47.1 Å². The van der Waals surface area contributed by atoms with Crippen molar-refractivity contribution in [3.63, 3.8) is 0 Å². The van der Waals surface area contributed by atoms with Gasteiger partial charge in [0, 0.05) is 37.9 Å². The van der Waals surface area contributed by atoms with Gasteiger partial charge in [-0.3, -0.25) is 4.90 Å². The van der Waals surface area contributed by atoms with Crippen LogP contribution in [0, 0.1) is 37.5 Å². The molecular formula is C23H33N3S. The van der Waals surface area contributed by atoms with Crippen LogP contribution in [0.1, 0.15) is 43.2 Å². The van der Waals surface area contributed by atoms with Gasteiger partial charge in [0.25, 0.3) is 0 Å². The molecule has 0 spiro atoms. The number of aryl methyl sites for hydroxylation is 2. The van der Waals surface area contributed by atoms with Crippen molar-refractivity contribution >= 4 is 23.0 Å². The van der Waals surface area contributed by atoms with Crippen molar-refractivity contribution in [2.24, 2.45) is 23.7 Å². The number of piperazine rings is 1. The largest absolute Gasteiger partial charge is 0.346 e. The summed E-state index contributed by atoms with van der Waals surface area (Å²) in [7, 11) is 0. The van der Waals surface area contributed by atoms with Gasteiger partial charge in [-0.05, 0) is 99.0 Å². The van der Waals surface area contributed by atoms with Crippen LogP contribution in [0.3, 0.4) is 0 Å². The molecule has 146 valence electrons. The maximum Gasteiger partial charge on any atom is 0.173 e. The number of hydrogen-bond acceptors (Lipinski definition) is 2. The van der Waals surface area contributed by atoms with E-state index in [1.54, 1.807) is 6.42 Å². The molecule has 1 aromatic rings. The van der Waals surface area contributed by atoms with Crippen LogP contribution in [0.15, 0.2) is 18.2 Å². The van der Waals surface area contributed by atoms with E-state index in [-0.39, 0.29) is 0 Å². The molecule has 1 heterocycles. The summed E-state index contributed by atoms with van der Waals surface area (Å²) in [6, 6.07) is 7.41. The van der Waals surface area contributed by atoms with Crippen molar-refractivity contribution in [3.05, 3.63) is 29.3 Å². The van der Waals surface area contributed by atoms with Crippen LogP contribution < -0.4 is 5.32 Å². The Bertz CT molecular complexity index is 694. The van der Waals surface area contributed by atoms with E-state index >= 15 is 0 Å². The molecule has 6 rings (SSSR count). The summed E-state index contributed by atoms with van der Waals surface area (Å²) in [5.74, 6) is 4.12. The van der Waals surface area contributed by atoms with E-state index in [9.17, 15) is 0 Å². The third-order valence-corrected chi connectivity index (χ3v) is 8.20. The summed E-state index contributed by atoms with van der Waals surface area (Å²) >= 11 is 5.75. The maximum absolute atomic E-state index is 5.75. The van der Waals surface area contributed by atoms with Crippen molar-refractivity contribution in [2.45, 2.75) is 52.0 Å². The van der Waals surface area contributed by atoms with Gasteiger partial charge in [0.15, 0.2) is 5.11 Å². The minimum atomic E-state index is 0.875. The fourth-order valence-electron chi connectivity index (χ4n) is 6.78. The summed E-state index contributed by atoms with van der Waals surface area (Å²) in [4.78, 5) is 5.22. The van der Waals surface area contributed by atoms with Gasteiger partial charge < -0.3 is 10.2 Å². The first-order valence-electron chi connectivity index (χ1n) is 10.9. The predicted molar refractivity (Wildman–Crippen MR) is 116 cm³/mol. The van der Waals surface area contributed by atoms with Crippen LogP contribution in [-0.2, 0) is 0 Å². The van der Waals surface area contributed by atoms with Gasteiger partial charge in [0.1, 0.15) is 0 Å². The monoisotopic (exact) mass is 383 g/mol. The van der Waals surface area contributed by atoms with Crippen molar-refractivity contribution < 1.29 is 0 Å². The smallest absolute Gasteiger partial charge is 0.173 e. The highest BCUT2D eigenvalue weighted by Crippen LogP contribution is 2.55. The first-order valence-corrected chi connectivity index (χ1v) is 11.3. The molecule has 1 aromatic carbocycles. The maximum atomic E-state index is 5.75. The van der Waals surface area contributed by atoms with Crippen molar-refractivity contribution in [2.75, 3.05) is 31.5 Å². The molecule has 1 N–H and O–H groups in total. The summed E-state index contributed by atoms with van der Waals surface area (Å²) in [5, 5.41) is 4.40. The van der Waals surface area contributed by atoms with Gasteiger partial charge in [-0.2, -0.15) is 0 Å². The zero-order valence-corrected chi connectivity index (χ0v) is 17.6. The Hall–Kier alpha value is -1.13. The van der Waals surface area contributed by atoms with Gasteiger partial charge in [0.2, 0.25) is 0 Å². The average Bonchev–Trinajstić information content (AvgIpc) is 2.64. The highest BCUT2D eigenvalue weighted by Gasteiger charge is 2.50. The van der Waals surface area contributed by atoms with Crippen molar-refractivity contribution in [1.29, 1.82) is 0 Å². The van der Waals surface area contributed by atoms with E-state index in [1.807, 2.05) is 0 Å². The second-order valence-electron chi connectivity index (χ2n) is 9.69. The lowest BCUT2D eigenvalue weighted by Crippen LogP contribution is -2.60. The number of nitrogens with zero attached hydrogens (tertiary/aromatic N) is 2. The molecule has 5 aliphatic rings. The molecule has 1 saturated heterocycles. The van der Waals surface area contributed by atoms with Gasteiger partial charge in [-0.25, -0.2) is 0 Å². The number of thiocarbonyl (C=S) groups is 1. The zero-order chi connectivity index (χ0) is 18.5. The number of hydrogen-bond donors (Lipinski definition) is 1. The zero-order valence-electron chi connectivity index (χ0n) is 16.8. The third-order valence-electron chi connectivity index (χ3n) is 7.83. The first kappa shape index (κ1) is 17.9. The minimum absolute atomic E-state index is 0.875. The van der Waals surface area contributed by atoms with Crippen LogP contribution in [0.4, 0.5) is 5.69 Å². The lowest BCUT2D eigenvalue weighted by Gasteiger charge is -2.58. The first-order chi connectivity index (χ1) is 13.1. The molecule has 0 radical (unpaired) electrons. The quantitative estimate of drug-likeness (QED) is 0.761. The summed E-state index contributed by atoms with van der Waals surface area (Å²) < 4.78 is 0. The number of anilines is 1. The Kier molecular flexibility index (Phi) is 4.68. The molecule has 0 atom stereocenters. The molecule has 4 aliphatic carbocycles. The molecule has 1 aliphatic heterocycles. The summed E-state index contributed by atoms with van der Waals surface area (Å²) in [5.41, 5.74) is 3.69. The van der Waals surface area contributed by atoms with E-state index in [4.69, 9.17) is 12.2 Å². The average molecular weight is 384 g/mol. The standard InChI is InChI=1S/C23H33N3S/c1-15-3-4-16(2)21(9-15)24-23(27)26-7-5-25(6-8-26)22-19-11-17-10-18(13-19)14-20(22)12-17/h3-4,9,17-20,22H,5-8,10-14H2,1-2H3,(H,24,27). The van der Waals surface area contributed by atoms with Gasteiger partial charge in [-0.1, -0.05) is 12.1 Å². The molecule has 0 amide bonds. The Morgan fingerprint density at radius 2 is 1.56 bits per heavy atom. The van der Waals surface area contributed by atoms with E-state index in [0.29, 0.717) is 0 Å². The normalized spacial score (nSPS) is 35.5. The molecule has 4 heteroatoms. The van der Waals surface area contributed by atoms with E-state index in [0.717, 1.165) is 53.6 Å². The Morgan fingerprint density at radius 1 is 0.926 bits per heavy atom. The molecule has 4 saturated carbocycles. The summed E-state index contributed by atoms with van der Waals surface area (Å²) in [6.45, 7) is 8.79. The molecule has 5 fully saturated rings. The molecule has 3 nitrogen and oxygen atoms in total. The Labute approximate surface area is 169 Å². The van der Waals surface area contributed by atoms with E-state index in [2.05, 4.69) is 47.2 Å².